The highest BCUT2D eigenvalue weighted by Gasteiger charge is 2.16. The lowest BCUT2D eigenvalue weighted by Gasteiger charge is -2.19. The molecule has 5 heteroatoms. The van der Waals surface area contributed by atoms with Crippen molar-refractivity contribution in [2.45, 2.75) is 20.8 Å². The number of benzene rings is 2. The van der Waals surface area contributed by atoms with E-state index < -0.39 is 0 Å². The van der Waals surface area contributed by atoms with E-state index in [9.17, 15) is 9.59 Å². The van der Waals surface area contributed by atoms with Crippen LogP contribution >= 0.6 is 0 Å². The molecule has 0 spiro atoms. The van der Waals surface area contributed by atoms with Gasteiger partial charge in [0, 0.05) is 18.7 Å². The van der Waals surface area contributed by atoms with E-state index >= 15 is 0 Å². The first kappa shape index (κ1) is 18.5. The lowest BCUT2D eigenvalue weighted by molar-refractivity contribution is 0.0600. The molecule has 132 valence electrons. The van der Waals surface area contributed by atoms with Crippen molar-refractivity contribution in [1.82, 2.24) is 4.90 Å². The van der Waals surface area contributed by atoms with Crippen LogP contribution in [0.3, 0.4) is 0 Å². The predicted molar refractivity (Wildman–Crippen MR) is 96.9 cm³/mol. The Morgan fingerprint density at radius 3 is 2.20 bits per heavy atom. The van der Waals surface area contributed by atoms with Crippen LogP contribution in [-0.4, -0.2) is 37.2 Å². The summed E-state index contributed by atoms with van der Waals surface area (Å²) in [5.41, 5.74) is 3.12. The maximum Gasteiger partial charge on any atom is 0.415 e. The molecule has 5 nitrogen and oxygen atoms in total. The predicted octanol–water partition coefficient (Wildman–Crippen LogP) is 4.29. The van der Waals surface area contributed by atoms with E-state index in [4.69, 9.17) is 9.47 Å². The van der Waals surface area contributed by atoms with E-state index in [1.165, 1.54) is 7.11 Å². The largest absolute Gasteiger partial charge is 0.465 e. The summed E-state index contributed by atoms with van der Waals surface area (Å²) in [5, 5.41) is 0. The molecule has 1 amide bonds. The minimum Gasteiger partial charge on any atom is -0.465 e. The van der Waals surface area contributed by atoms with Gasteiger partial charge >= 0.3 is 12.1 Å². The molecule has 0 bridgehead atoms. The van der Waals surface area contributed by atoms with Gasteiger partial charge in [0.1, 0.15) is 5.75 Å². The third kappa shape index (κ3) is 4.38. The Labute approximate surface area is 148 Å². The average Bonchev–Trinajstić information content (AvgIpc) is 2.62. The van der Waals surface area contributed by atoms with E-state index in [1.807, 2.05) is 51.1 Å². The van der Waals surface area contributed by atoms with Gasteiger partial charge in [-0.2, -0.15) is 0 Å². The van der Waals surface area contributed by atoms with Gasteiger partial charge in [-0.05, 0) is 50.1 Å². The highest BCUT2D eigenvalue weighted by molar-refractivity contribution is 5.90. The number of hydrogen-bond acceptors (Lipinski definition) is 4. The SMILES string of the molecule is CCN(CC)C(=O)Oc1cc(C)ccc1-c1ccc(C(=O)OC)cc1. The smallest absolute Gasteiger partial charge is 0.415 e. The van der Waals surface area contributed by atoms with Crippen LogP contribution in [0.15, 0.2) is 42.5 Å². The molecule has 0 aromatic heterocycles. The zero-order chi connectivity index (χ0) is 18.4. The fourth-order valence-corrected chi connectivity index (χ4v) is 2.50. The maximum atomic E-state index is 12.3. The first-order valence-electron chi connectivity index (χ1n) is 8.26. The van der Waals surface area contributed by atoms with Crippen molar-refractivity contribution in [1.29, 1.82) is 0 Å². The van der Waals surface area contributed by atoms with Crippen LogP contribution in [0.1, 0.15) is 29.8 Å². The molecular formula is C20H23NO4. The van der Waals surface area contributed by atoms with Gasteiger partial charge in [-0.3, -0.25) is 0 Å². The number of methoxy groups -OCH3 is 1. The fraction of sp³-hybridized carbons (Fsp3) is 0.300. The van der Waals surface area contributed by atoms with E-state index in [-0.39, 0.29) is 12.1 Å². The number of amides is 1. The lowest BCUT2D eigenvalue weighted by Crippen LogP contribution is -2.33. The van der Waals surface area contributed by atoms with Gasteiger partial charge < -0.3 is 14.4 Å². The van der Waals surface area contributed by atoms with Crippen molar-refractivity contribution in [3.8, 4) is 16.9 Å². The van der Waals surface area contributed by atoms with Crippen LogP contribution in [0.4, 0.5) is 4.79 Å². The summed E-state index contributed by atoms with van der Waals surface area (Å²) in [4.78, 5) is 25.5. The zero-order valence-corrected chi connectivity index (χ0v) is 15.0. The summed E-state index contributed by atoms with van der Waals surface area (Å²) in [6.45, 7) is 6.94. The molecule has 0 radical (unpaired) electrons. The van der Waals surface area contributed by atoms with Gasteiger partial charge in [-0.25, -0.2) is 9.59 Å². The van der Waals surface area contributed by atoms with Gasteiger partial charge in [-0.15, -0.1) is 0 Å². The number of aryl methyl sites for hydroxylation is 1. The second-order valence-corrected chi connectivity index (χ2v) is 5.61. The highest BCUT2D eigenvalue weighted by Crippen LogP contribution is 2.31. The number of nitrogens with zero attached hydrogens (tertiary/aromatic N) is 1. The Kier molecular flexibility index (Phi) is 6.17. The second kappa shape index (κ2) is 8.33. The van der Waals surface area contributed by atoms with E-state index in [2.05, 4.69) is 0 Å². The molecule has 2 rings (SSSR count). The molecule has 2 aromatic rings. The Balaban J connectivity index is 2.35. The number of carbonyl (C=O) groups is 2. The number of carbonyl (C=O) groups excluding carboxylic acids is 2. The van der Waals surface area contributed by atoms with Crippen molar-refractivity contribution in [2.24, 2.45) is 0 Å². The third-order valence-electron chi connectivity index (χ3n) is 3.97. The molecule has 0 fully saturated rings. The molecular weight excluding hydrogens is 318 g/mol. The Morgan fingerprint density at radius 2 is 1.64 bits per heavy atom. The summed E-state index contributed by atoms with van der Waals surface area (Å²) >= 11 is 0. The third-order valence-corrected chi connectivity index (χ3v) is 3.97. The number of rotatable bonds is 5. The van der Waals surface area contributed by atoms with Crippen molar-refractivity contribution >= 4 is 12.1 Å². The Hall–Kier alpha value is -2.82. The van der Waals surface area contributed by atoms with Gasteiger partial charge in [0.15, 0.2) is 0 Å². The summed E-state index contributed by atoms with van der Waals surface area (Å²) < 4.78 is 10.3. The normalized spacial score (nSPS) is 10.2. The molecule has 0 heterocycles. The molecule has 0 aliphatic carbocycles. The summed E-state index contributed by atoms with van der Waals surface area (Å²) in [6.07, 6.45) is -0.372. The first-order valence-corrected chi connectivity index (χ1v) is 8.26. The van der Waals surface area contributed by atoms with Crippen LogP contribution < -0.4 is 4.74 Å². The van der Waals surface area contributed by atoms with Crippen LogP contribution in [0.25, 0.3) is 11.1 Å². The second-order valence-electron chi connectivity index (χ2n) is 5.61. The topological polar surface area (TPSA) is 55.8 Å². The first-order chi connectivity index (χ1) is 12.0. The molecule has 0 aliphatic heterocycles. The minimum absolute atomic E-state index is 0.372. The minimum atomic E-state index is -0.386. The highest BCUT2D eigenvalue weighted by atomic mass is 16.6. The molecule has 0 saturated carbocycles. The number of hydrogen-bond donors (Lipinski definition) is 0. The average molecular weight is 341 g/mol. The van der Waals surface area contributed by atoms with E-state index in [0.29, 0.717) is 24.4 Å². The summed E-state index contributed by atoms with van der Waals surface area (Å²) in [6, 6.07) is 12.7. The molecule has 2 aromatic carbocycles. The van der Waals surface area contributed by atoms with Crippen molar-refractivity contribution in [3.63, 3.8) is 0 Å². The Morgan fingerprint density at radius 1 is 1.00 bits per heavy atom. The van der Waals surface area contributed by atoms with Crippen molar-refractivity contribution in [3.05, 3.63) is 53.6 Å². The molecule has 0 aliphatic rings. The van der Waals surface area contributed by atoms with Gasteiger partial charge in [0.05, 0.1) is 12.7 Å². The van der Waals surface area contributed by atoms with E-state index in [1.54, 1.807) is 17.0 Å². The zero-order valence-electron chi connectivity index (χ0n) is 15.0. The molecule has 0 saturated heterocycles. The van der Waals surface area contributed by atoms with Crippen LogP contribution in [0.2, 0.25) is 0 Å². The van der Waals surface area contributed by atoms with Crippen molar-refractivity contribution in [2.75, 3.05) is 20.2 Å². The van der Waals surface area contributed by atoms with Gasteiger partial charge in [0.2, 0.25) is 0 Å². The monoisotopic (exact) mass is 341 g/mol. The fourth-order valence-electron chi connectivity index (χ4n) is 2.50. The summed E-state index contributed by atoms with van der Waals surface area (Å²) in [5.74, 6) is 0.117. The molecule has 0 unspecified atom stereocenters. The molecule has 25 heavy (non-hydrogen) atoms. The van der Waals surface area contributed by atoms with Crippen molar-refractivity contribution < 1.29 is 19.1 Å². The lowest BCUT2D eigenvalue weighted by atomic mass is 10.0. The molecule has 0 atom stereocenters. The van der Waals surface area contributed by atoms with Gasteiger partial charge in [-0.1, -0.05) is 24.3 Å². The molecule has 0 N–H and O–H groups in total. The Bertz CT molecular complexity index is 749. The van der Waals surface area contributed by atoms with Crippen LogP contribution in [0, 0.1) is 6.92 Å². The van der Waals surface area contributed by atoms with Crippen LogP contribution in [0.5, 0.6) is 5.75 Å². The quantitative estimate of drug-likeness (QED) is 0.761. The summed E-state index contributed by atoms with van der Waals surface area (Å²) in [7, 11) is 1.35. The van der Waals surface area contributed by atoms with Crippen LogP contribution in [-0.2, 0) is 4.74 Å². The standard InChI is InChI=1S/C20H23NO4/c1-5-21(6-2)20(23)25-18-13-14(3)7-12-17(18)15-8-10-16(11-9-15)19(22)24-4/h7-13H,5-6H2,1-4H3. The van der Waals surface area contributed by atoms with Gasteiger partial charge in [0.25, 0.3) is 0 Å². The number of ether oxygens (including phenoxy) is 2. The van der Waals surface area contributed by atoms with E-state index in [0.717, 1.165) is 16.7 Å². The maximum absolute atomic E-state index is 12.3. The number of esters is 1.